The molecule has 6 aromatic heterocycles. The molecule has 6 heterocycles. The zero-order valence-corrected chi connectivity index (χ0v) is 48.0. The molecule has 83 heavy (non-hydrogen) atoms. The van der Waals surface area contributed by atoms with Crippen molar-refractivity contribution in [1.29, 1.82) is 0 Å². The second-order valence-electron chi connectivity index (χ2n) is 18.7. The molecule has 15 aromatic rings. The predicted octanol–water partition coefficient (Wildman–Crippen LogP) is 15.9. The number of halogens is 4. The van der Waals surface area contributed by atoms with E-state index in [4.69, 9.17) is 41.2 Å². The van der Waals surface area contributed by atoms with Crippen molar-refractivity contribution in [3.63, 3.8) is 0 Å². The summed E-state index contributed by atoms with van der Waals surface area (Å²) < 4.78 is 22.3. The summed E-state index contributed by atoms with van der Waals surface area (Å²) in [5, 5.41) is 8.75. The van der Waals surface area contributed by atoms with Crippen LogP contribution in [0, 0.1) is 6.08 Å². The van der Waals surface area contributed by atoms with Gasteiger partial charge in [0.1, 0.15) is 17.7 Å². The molecule has 0 atom stereocenters. The zero-order valence-electron chi connectivity index (χ0n) is 45.8. The van der Waals surface area contributed by atoms with Gasteiger partial charge in [0, 0.05) is 67.7 Å². The third-order valence-corrected chi connectivity index (χ3v) is 14.7. The average Bonchev–Trinajstić information content (AvgIpc) is 1.58. The van der Waals surface area contributed by atoms with Crippen molar-refractivity contribution in [2.45, 2.75) is 7.43 Å². The molecule has 0 fully saturated rings. The molecule has 10 nitrogen and oxygen atoms in total. The molecule has 400 valence electrons. The van der Waals surface area contributed by atoms with Crippen LogP contribution in [0.2, 0.25) is 15.9 Å². The maximum Gasteiger partial charge on any atom is 1.00 e. The molecule has 1 N–H and O–H groups in total. The fourth-order valence-electron chi connectivity index (χ4n) is 10.9. The average molecular weight is 1160 g/mol. The Morgan fingerprint density at radius 3 is 1.35 bits per heavy atom. The van der Waals surface area contributed by atoms with Crippen molar-refractivity contribution < 1.29 is 38.2 Å². The summed E-state index contributed by atoms with van der Waals surface area (Å²) in [5.74, 6) is 1.50. The van der Waals surface area contributed by atoms with E-state index in [1.54, 1.807) is 0 Å². The van der Waals surface area contributed by atoms with Gasteiger partial charge in [-0.05, 0) is 83.3 Å². The Balaban J connectivity index is 0.000000162. The minimum absolute atomic E-state index is 0. The number of benzene rings is 9. The number of rotatable bonds is 5. The van der Waals surface area contributed by atoms with Crippen LogP contribution in [0.25, 0.3) is 129 Å². The number of nitrogens with zero attached hydrogens (tertiary/aromatic N) is 9. The molecule has 0 unspecified atom stereocenters. The van der Waals surface area contributed by atoms with E-state index in [1.165, 1.54) is 49.3 Å². The van der Waals surface area contributed by atoms with Crippen molar-refractivity contribution in [3.05, 3.63) is 258 Å². The van der Waals surface area contributed by atoms with Crippen molar-refractivity contribution in [3.8, 4) is 40.1 Å². The third kappa shape index (κ3) is 10.3. The Labute approximate surface area is 518 Å². The monoisotopic (exact) mass is 1160 g/mol. The standard InChI is InChI=1S/C33H20ClN5.C24H15N2.C9H5Cl2N3.CH3F.CH4.Na.H2.H/c34-32-35-31(21-11-3-1-4-12-21)36-33(37-32)39-28-18-10-8-16-24(28)26-20-19-25-23-15-7-9-17-27(23)38(29(25)30(26)39)22-13-5-2-6-14-22;1-2-8-16(9-3-1)26-22-13-7-5-11-18(22)20-15-14-19-17-10-4-6-12-21(17)25-23(19)24(20)26;10-8-12-7(13-9(11)14-8)6-4-2-1-3-5-6;1-2;;;;/h1-20H;1-5,7-15,25H;1-5H;1H3;1H4;;1H;/q;+1;;;;+1;;-1/i;;;1D;;;1+1;. The molecule has 0 saturated carbocycles. The van der Waals surface area contributed by atoms with Crippen LogP contribution in [0.1, 0.15) is 22.9 Å². The summed E-state index contributed by atoms with van der Waals surface area (Å²) in [7, 11) is -1.00. The number of fused-ring (bicyclic) bond motifs is 14. The molecular weight excluding hydrogens is 1110 g/mol. The number of nitrogens with one attached hydrogen (secondary N) is 1. The van der Waals surface area contributed by atoms with Crippen LogP contribution in [0.3, 0.4) is 0 Å². The first-order chi connectivity index (χ1) is 40.4. The van der Waals surface area contributed by atoms with Gasteiger partial charge < -0.3 is 10.6 Å². The van der Waals surface area contributed by atoms with Crippen molar-refractivity contribution >= 4 is 123 Å². The number of aromatic nitrogens is 10. The minimum atomic E-state index is -1.00. The molecule has 0 bridgehead atoms. The van der Waals surface area contributed by atoms with Crippen LogP contribution >= 0.6 is 34.8 Å². The fourth-order valence-corrected chi connectivity index (χ4v) is 11.4. The van der Waals surface area contributed by atoms with Gasteiger partial charge in [-0.25, -0.2) is 0 Å². The van der Waals surface area contributed by atoms with E-state index in [2.05, 4.69) is 201 Å². The van der Waals surface area contributed by atoms with Crippen LogP contribution in [0.5, 0.6) is 0 Å². The third-order valence-electron chi connectivity index (χ3n) is 14.2. The molecule has 0 saturated heterocycles. The van der Waals surface area contributed by atoms with Crippen LogP contribution in [-0.2, 0) is 0 Å². The van der Waals surface area contributed by atoms with Gasteiger partial charge in [0.25, 0.3) is 0 Å². The molecule has 0 spiro atoms. The number of para-hydroxylation sites is 5. The summed E-state index contributed by atoms with van der Waals surface area (Å²) in [4.78, 5) is 29.3. The smallest absolute Gasteiger partial charge is 1.00 e. The van der Waals surface area contributed by atoms with E-state index < -0.39 is 7.15 Å². The maximum absolute atomic E-state index is 9.96. The number of alkyl halides is 1. The summed E-state index contributed by atoms with van der Waals surface area (Å²) in [6, 6.07) is 74.8. The summed E-state index contributed by atoms with van der Waals surface area (Å²) >= 11 is 17.9. The van der Waals surface area contributed by atoms with Gasteiger partial charge in [0.15, 0.2) is 17.3 Å². The molecule has 1 aliphatic carbocycles. The van der Waals surface area contributed by atoms with Crippen LogP contribution < -0.4 is 29.6 Å². The van der Waals surface area contributed by atoms with Crippen molar-refractivity contribution in [1.82, 2.24) is 48.6 Å². The van der Waals surface area contributed by atoms with Crippen molar-refractivity contribution in [2.75, 3.05) is 7.15 Å². The summed E-state index contributed by atoms with van der Waals surface area (Å²) in [6.07, 6.45) is 9.32. The van der Waals surface area contributed by atoms with Gasteiger partial charge in [-0.1, -0.05) is 177 Å². The first-order valence-electron chi connectivity index (χ1n) is 26.4. The number of H-pyrrole nitrogens is 1. The van der Waals surface area contributed by atoms with Gasteiger partial charge in [0.05, 0.1) is 53.2 Å². The van der Waals surface area contributed by atoms with Gasteiger partial charge in [-0.3, -0.25) is 13.9 Å². The predicted molar refractivity (Wildman–Crippen MR) is 341 cm³/mol. The van der Waals surface area contributed by atoms with Gasteiger partial charge in [-0.15, -0.1) is 0 Å². The number of allylic oxidation sites excluding steroid dienone is 2. The van der Waals surface area contributed by atoms with Gasteiger partial charge >= 0.3 is 29.6 Å². The van der Waals surface area contributed by atoms with Gasteiger partial charge in [-0.2, -0.15) is 29.9 Å². The maximum atomic E-state index is 9.96. The van der Waals surface area contributed by atoms with Crippen LogP contribution in [-0.4, -0.2) is 55.7 Å². The largest absolute Gasteiger partial charge is 1.00 e. The Bertz CT molecular complexity index is 4910. The topological polar surface area (TPSA) is 108 Å². The first-order valence-corrected chi connectivity index (χ1v) is 26.8. The molecule has 9 aromatic carbocycles. The van der Waals surface area contributed by atoms with Crippen molar-refractivity contribution in [2.24, 2.45) is 0 Å². The van der Waals surface area contributed by atoms with E-state index in [0.717, 1.165) is 60.7 Å². The molecule has 0 aliphatic heterocycles. The minimum Gasteiger partial charge on any atom is -1.00 e. The molecule has 15 heteroatoms. The fraction of sp³-hybridized carbons (Fsp3) is 0.0294. The Hall–Kier alpha value is -8.87. The SMILES string of the molecule is C.Clc1nc(-c2ccccc2)nc(-n2c3ccccc3c3ccc4c5ccccc5n(-c5ccccc5)c4c32)n1.Clc1nc(Cl)nc(-c2ccccc2)n1.[2HH].[2H]CF.[C+]1=Cc2[nH]c3c(ccc4c5ccccc5n(-c5ccccc5)c43)c2C=C1.[H-].[Na+]. The number of aromatic amines is 1. The zero-order chi connectivity index (χ0) is 55.7. The van der Waals surface area contributed by atoms with E-state index in [-0.39, 0.29) is 55.7 Å². The van der Waals surface area contributed by atoms with Crippen LogP contribution in [0.15, 0.2) is 224 Å². The summed E-state index contributed by atoms with van der Waals surface area (Å²) in [5.41, 5.74) is 14.3. The van der Waals surface area contributed by atoms with Gasteiger partial charge in [0.2, 0.25) is 21.8 Å². The second-order valence-corrected chi connectivity index (χ2v) is 19.7. The van der Waals surface area contributed by atoms with Crippen LogP contribution in [0.4, 0.5) is 4.39 Å². The normalized spacial score (nSPS) is 11.4. The number of hydrogen-bond donors (Lipinski definition) is 1. The Kier molecular flexibility index (Phi) is 16.0. The Morgan fingerprint density at radius 2 is 0.843 bits per heavy atom. The van der Waals surface area contributed by atoms with E-state index in [0.29, 0.717) is 17.6 Å². The molecule has 0 amide bonds. The number of hydrogen-bond acceptors (Lipinski definition) is 6. The quantitative estimate of drug-likeness (QED) is 0.136. The molecular formula is C68H50Cl3FN10Na+. The molecule has 16 rings (SSSR count). The first kappa shape index (κ1) is 54.7. The van der Waals surface area contributed by atoms with E-state index in [9.17, 15) is 4.39 Å². The Morgan fingerprint density at radius 1 is 0.458 bits per heavy atom. The second kappa shape index (κ2) is 24.3. The molecule has 1 aliphatic rings. The van der Waals surface area contributed by atoms with E-state index >= 15 is 0 Å². The van der Waals surface area contributed by atoms with E-state index in [1.807, 2.05) is 84.9 Å². The molecule has 0 radical (unpaired) electrons. The summed E-state index contributed by atoms with van der Waals surface area (Å²) in [6.45, 7) is 0.